The van der Waals surface area contributed by atoms with E-state index in [1.807, 2.05) is 24.9 Å². The van der Waals surface area contributed by atoms with E-state index in [0.717, 1.165) is 16.8 Å². The summed E-state index contributed by atoms with van der Waals surface area (Å²) in [5.41, 5.74) is 9.02. The highest BCUT2D eigenvalue weighted by Gasteiger charge is 2.18. The van der Waals surface area contributed by atoms with Crippen molar-refractivity contribution < 1.29 is 19.1 Å². The molecule has 0 spiro atoms. The van der Waals surface area contributed by atoms with Gasteiger partial charge in [-0.1, -0.05) is 31.4 Å². The standard InChI is InChI=1S/C28H39N5O4/c1-18-24(36-3)13-22(14-25(18)37-4)28(35)32-16-21-11-10-20(27(29)30)12-23(21)33(2)17-26(34)31-15-19-8-6-5-7-9-19/h10-14,19H,5-9,15-17H2,1-4H3,(H3,29,30)(H,31,34)(H,32,35). The number of carbonyl (C=O) groups is 2. The van der Waals surface area contributed by atoms with Gasteiger partial charge >= 0.3 is 0 Å². The number of methoxy groups -OCH3 is 2. The zero-order chi connectivity index (χ0) is 26.9. The summed E-state index contributed by atoms with van der Waals surface area (Å²) in [4.78, 5) is 27.5. The van der Waals surface area contributed by atoms with E-state index in [2.05, 4.69) is 10.6 Å². The summed E-state index contributed by atoms with van der Waals surface area (Å²) in [7, 11) is 4.92. The van der Waals surface area contributed by atoms with Crippen molar-refractivity contribution in [1.82, 2.24) is 10.6 Å². The van der Waals surface area contributed by atoms with E-state index in [4.69, 9.17) is 20.6 Å². The number of likely N-dealkylation sites (N-methyl/N-ethyl adjacent to an activating group) is 1. The first-order chi connectivity index (χ1) is 17.7. The summed E-state index contributed by atoms with van der Waals surface area (Å²) in [5.74, 6) is 1.27. The van der Waals surface area contributed by atoms with E-state index in [9.17, 15) is 9.59 Å². The largest absolute Gasteiger partial charge is 0.496 e. The van der Waals surface area contributed by atoms with Crippen molar-refractivity contribution in [3.63, 3.8) is 0 Å². The van der Waals surface area contributed by atoms with Crippen LogP contribution in [0, 0.1) is 18.3 Å². The molecule has 0 atom stereocenters. The van der Waals surface area contributed by atoms with Crippen LogP contribution in [-0.2, 0) is 11.3 Å². The minimum Gasteiger partial charge on any atom is -0.496 e. The minimum absolute atomic E-state index is 0.0601. The Hall–Kier alpha value is -3.75. The molecule has 0 unspecified atom stereocenters. The highest BCUT2D eigenvalue weighted by Crippen LogP contribution is 2.30. The summed E-state index contributed by atoms with van der Waals surface area (Å²) in [6, 6.07) is 8.68. The molecule has 0 radical (unpaired) electrons. The second-order valence-electron chi connectivity index (χ2n) is 9.61. The summed E-state index contributed by atoms with van der Waals surface area (Å²) < 4.78 is 10.8. The zero-order valence-electron chi connectivity index (χ0n) is 22.3. The Morgan fingerprint density at radius 2 is 1.68 bits per heavy atom. The number of amidine groups is 1. The number of carbonyl (C=O) groups excluding carboxylic acids is 2. The second kappa shape index (κ2) is 13.0. The van der Waals surface area contributed by atoms with Crippen molar-refractivity contribution in [2.45, 2.75) is 45.6 Å². The van der Waals surface area contributed by atoms with Crippen molar-refractivity contribution in [3.05, 3.63) is 52.6 Å². The second-order valence-corrected chi connectivity index (χ2v) is 9.61. The van der Waals surface area contributed by atoms with Gasteiger partial charge in [0.05, 0.1) is 20.8 Å². The fraction of sp³-hybridized carbons (Fsp3) is 0.464. The molecule has 5 N–H and O–H groups in total. The lowest BCUT2D eigenvalue weighted by Gasteiger charge is -2.25. The third-order valence-electron chi connectivity index (χ3n) is 6.95. The molecule has 2 aromatic carbocycles. The van der Waals surface area contributed by atoms with Crippen LogP contribution in [0.3, 0.4) is 0 Å². The fourth-order valence-corrected chi connectivity index (χ4v) is 4.74. The SMILES string of the molecule is COc1cc(C(=O)NCc2ccc(C(=N)N)cc2N(C)CC(=O)NCC2CCCCC2)cc(OC)c1C. The zero-order valence-corrected chi connectivity index (χ0v) is 22.3. The Labute approximate surface area is 219 Å². The van der Waals surface area contributed by atoms with Crippen molar-refractivity contribution >= 4 is 23.3 Å². The van der Waals surface area contributed by atoms with Crippen LogP contribution in [-0.4, -0.2) is 52.0 Å². The van der Waals surface area contributed by atoms with E-state index in [1.54, 1.807) is 38.5 Å². The van der Waals surface area contributed by atoms with Crippen molar-refractivity contribution in [2.75, 3.05) is 39.3 Å². The number of ether oxygens (including phenoxy) is 2. The highest BCUT2D eigenvalue weighted by atomic mass is 16.5. The Morgan fingerprint density at radius 3 is 2.27 bits per heavy atom. The van der Waals surface area contributed by atoms with E-state index >= 15 is 0 Å². The number of nitrogens with zero attached hydrogens (tertiary/aromatic N) is 1. The first-order valence-electron chi connectivity index (χ1n) is 12.7. The van der Waals surface area contributed by atoms with Gasteiger partial charge in [-0.2, -0.15) is 0 Å². The lowest BCUT2D eigenvalue weighted by Crippen LogP contribution is -2.38. The quantitative estimate of drug-likeness (QED) is 0.272. The van der Waals surface area contributed by atoms with Gasteiger partial charge in [0.1, 0.15) is 17.3 Å². The molecule has 1 fully saturated rings. The molecular weight excluding hydrogens is 470 g/mol. The first-order valence-corrected chi connectivity index (χ1v) is 12.7. The van der Waals surface area contributed by atoms with E-state index in [0.29, 0.717) is 35.1 Å². The molecule has 0 bridgehead atoms. The van der Waals surface area contributed by atoms with Gasteiger partial charge in [0, 0.05) is 42.5 Å². The van der Waals surface area contributed by atoms with Crippen LogP contribution in [0.5, 0.6) is 11.5 Å². The molecule has 0 heterocycles. The Balaban J connectivity index is 1.71. The van der Waals surface area contributed by atoms with Crippen LogP contribution in [0.15, 0.2) is 30.3 Å². The maximum atomic E-state index is 13.0. The molecule has 3 rings (SSSR count). The first kappa shape index (κ1) is 27.8. The normalized spacial score (nSPS) is 13.5. The third kappa shape index (κ3) is 7.38. The van der Waals surface area contributed by atoms with Crippen molar-refractivity contribution in [2.24, 2.45) is 11.7 Å². The topological polar surface area (TPSA) is 130 Å². The maximum absolute atomic E-state index is 13.0. The number of amides is 2. The number of nitrogens with two attached hydrogens (primary N) is 1. The van der Waals surface area contributed by atoms with Gasteiger partial charge in [-0.05, 0) is 49.4 Å². The molecule has 2 aromatic rings. The molecule has 0 aromatic heterocycles. The van der Waals surface area contributed by atoms with Crippen molar-refractivity contribution in [3.8, 4) is 11.5 Å². The average Bonchev–Trinajstić information content (AvgIpc) is 2.91. The molecular formula is C28H39N5O4. The molecule has 0 aliphatic heterocycles. The van der Waals surface area contributed by atoms with E-state index in [-0.39, 0.29) is 30.7 Å². The smallest absolute Gasteiger partial charge is 0.251 e. The lowest BCUT2D eigenvalue weighted by atomic mass is 9.89. The van der Waals surface area contributed by atoms with E-state index in [1.165, 1.54) is 32.1 Å². The van der Waals surface area contributed by atoms with Crippen molar-refractivity contribution in [1.29, 1.82) is 5.41 Å². The lowest BCUT2D eigenvalue weighted by molar-refractivity contribution is -0.119. The number of nitrogens with one attached hydrogen (secondary N) is 3. The van der Waals surface area contributed by atoms with Gasteiger partial charge in [0.25, 0.3) is 5.91 Å². The van der Waals surface area contributed by atoms with E-state index < -0.39 is 0 Å². The Morgan fingerprint density at radius 1 is 1.03 bits per heavy atom. The molecule has 2 amide bonds. The van der Waals surface area contributed by atoms with Crippen LogP contribution in [0.1, 0.15) is 59.2 Å². The molecule has 9 nitrogen and oxygen atoms in total. The summed E-state index contributed by atoms with van der Waals surface area (Å²) in [6.07, 6.45) is 6.08. The maximum Gasteiger partial charge on any atom is 0.251 e. The third-order valence-corrected chi connectivity index (χ3v) is 6.95. The summed E-state index contributed by atoms with van der Waals surface area (Å²) in [5, 5.41) is 13.8. The number of hydrogen-bond donors (Lipinski definition) is 4. The minimum atomic E-state index is -0.286. The summed E-state index contributed by atoms with van der Waals surface area (Å²) >= 11 is 0. The van der Waals surface area contributed by atoms with Crippen LogP contribution < -0.4 is 30.7 Å². The van der Waals surface area contributed by atoms with Crippen LogP contribution in [0.2, 0.25) is 0 Å². The van der Waals surface area contributed by atoms with Crippen LogP contribution in [0.4, 0.5) is 5.69 Å². The fourth-order valence-electron chi connectivity index (χ4n) is 4.74. The molecule has 0 saturated heterocycles. The predicted octanol–water partition coefficient (Wildman–Crippen LogP) is 3.36. The molecule has 1 saturated carbocycles. The Kier molecular flexibility index (Phi) is 9.77. The van der Waals surface area contributed by atoms with Gasteiger partial charge in [0.15, 0.2) is 0 Å². The predicted molar refractivity (Wildman–Crippen MR) is 146 cm³/mol. The number of benzene rings is 2. The van der Waals surface area contributed by atoms with Gasteiger partial charge in [-0.15, -0.1) is 0 Å². The Bertz CT molecular complexity index is 1100. The van der Waals surface area contributed by atoms with Gasteiger partial charge in [-0.3, -0.25) is 15.0 Å². The number of nitrogen functional groups attached to an aromatic ring is 1. The number of rotatable bonds is 11. The highest BCUT2D eigenvalue weighted by molar-refractivity contribution is 5.97. The van der Waals surface area contributed by atoms with Crippen LogP contribution >= 0.6 is 0 Å². The molecule has 1 aliphatic carbocycles. The average molecular weight is 510 g/mol. The van der Waals surface area contributed by atoms with Gasteiger partial charge in [-0.25, -0.2) is 0 Å². The number of hydrogen-bond acceptors (Lipinski definition) is 6. The molecule has 1 aliphatic rings. The summed E-state index contributed by atoms with van der Waals surface area (Å²) in [6.45, 7) is 2.94. The molecule has 37 heavy (non-hydrogen) atoms. The van der Waals surface area contributed by atoms with Gasteiger partial charge < -0.3 is 30.7 Å². The van der Waals surface area contributed by atoms with Gasteiger partial charge in [0.2, 0.25) is 5.91 Å². The molecule has 200 valence electrons. The molecule has 9 heteroatoms. The monoisotopic (exact) mass is 509 g/mol. The number of anilines is 1. The van der Waals surface area contributed by atoms with Crippen LogP contribution in [0.25, 0.3) is 0 Å².